The standard InChI is InChI=1S/C8H10ClF/c1-2-6-3-4-7(10)5-8(6)9/h5H,2-4H2,1H3. The largest absolute Gasteiger partial charge is 0.212 e. The van der Waals surface area contributed by atoms with Crippen molar-refractivity contribution in [3.63, 3.8) is 0 Å². The van der Waals surface area contributed by atoms with Crippen molar-refractivity contribution in [2.75, 3.05) is 0 Å². The minimum absolute atomic E-state index is 0.0952. The van der Waals surface area contributed by atoms with E-state index in [-0.39, 0.29) is 5.83 Å². The molecule has 1 aliphatic carbocycles. The minimum atomic E-state index is -0.0952. The Hall–Kier alpha value is -0.300. The van der Waals surface area contributed by atoms with Crippen LogP contribution in [0.2, 0.25) is 0 Å². The molecule has 0 bridgehead atoms. The lowest BCUT2D eigenvalue weighted by Gasteiger charge is -2.10. The summed E-state index contributed by atoms with van der Waals surface area (Å²) in [6.07, 6.45) is 3.67. The maximum atomic E-state index is 12.5. The van der Waals surface area contributed by atoms with Gasteiger partial charge in [-0.2, -0.15) is 0 Å². The molecule has 10 heavy (non-hydrogen) atoms. The molecule has 0 saturated heterocycles. The Morgan fingerprint density at radius 3 is 2.80 bits per heavy atom. The second kappa shape index (κ2) is 3.20. The average molecular weight is 161 g/mol. The first-order valence-electron chi connectivity index (χ1n) is 3.47. The predicted octanol–water partition coefficient (Wildman–Crippen LogP) is 3.54. The molecule has 0 spiro atoms. The van der Waals surface area contributed by atoms with Gasteiger partial charge in [0.25, 0.3) is 0 Å². The normalized spacial score (nSPS) is 19.3. The molecule has 0 unspecified atom stereocenters. The van der Waals surface area contributed by atoms with Gasteiger partial charge in [-0.15, -0.1) is 0 Å². The van der Waals surface area contributed by atoms with Crippen LogP contribution >= 0.6 is 11.6 Å². The zero-order valence-corrected chi connectivity index (χ0v) is 6.71. The average Bonchev–Trinajstić information content (AvgIpc) is 1.88. The van der Waals surface area contributed by atoms with E-state index in [0.29, 0.717) is 11.5 Å². The summed E-state index contributed by atoms with van der Waals surface area (Å²) in [6, 6.07) is 0. The molecular formula is C8H10ClF. The minimum Gasteiger partial charge on any atom is -0.212 e. The molecule has 2 heteroatoms. The van der Waals surface area contributed by atoms with E-state index in [1.807, 2.05) is 6.92 Å². The van der Waals surface area contributed by atoms with Gasteiger partial charge in [-0.3, -0.25) is 0 Å². The van der Waals surface area contributed by atoms with Crippen molar-refractivity contribution in [2.24, 2.45) is 0 Å². The molecule has 0 radical (unpaired) electrons. The van der Waals surface area contributed by atoms with Crippen LogP contribution in [0.25, 0.3) is 0 Å². The molecule has 1 aliphatic rings. The molecule has 0 aromatic carbocycles. The van der Waals surface area contributed by atoms with Crippen molar-refractivity contribution in [3.05, 3.63) is 22.5 Å². The van der Waals surface area contributed by atoms with Crippen molar-refractivity contribution >= 4 is 11.6 Å². The number of rotatable bonds is 1. The van der Waals surface area contributed by atoms with E-state index < -0.39 is 0 Å². The van der Waals surface area contributed by atoms with Crippen LogP contribution in [0.15, 0.2) is 22.5 Å². The van der Waals surface area contributed by atoms with Crippen molar-refractivity contribution in [3.8, 4) is 0 Å². The quantitative estimate of drug-likeness (QED) is 0.551. The monoisotopic (exact) mass is 160 g/mol. The first kappa shape index (κ1) is 7.80. The molecule has 0 N–H and O–H groups in total. The molecular weight excluding hydrogens is 151 g/mol. The smallest absolute Gasteiger partial charge is 0.102 e. The van der Waals surface area contributed by atoms with Crippen LogP contribution in [0.3, 0.4) is 0 Å². The summed E-state index contributed by atoms with van der Waals surface area (Å²) in [6.45, 7) is 2.04. The lowest BCUT2D eigenvalue weighted by molar-refractivity contribution is 0.578. The maximum absolute atomic E-state index is 12.5. The molecule has 0 aromatic heterocycles. The molecule has 0 heterocycles. The second-order valence-electron chi connectivity index (χ2n) is 2.40. The van der Waals surface area contributed by atoms with Crippen molar-refractivity contribution in [2.45, 2.75) is 26.2 Å². The van der Waals surface area contributed by atoms with Gasteiger partial charge in [0.2, 0.25) is 0 Å². The summed E-state index contributed by atoms with van der Waals surface area (Å²) in [7, 11) is 0. The lowest BCUT2D eigenvalue weighted by atomic mass is 10.0. The first-order valence-corrected chi connectivity index (χ1v) is 3.85. The summed E-state index contributed by atoms with van der Waals surface area (Å²) in [4.78, 5) is 0. The highest BCUT2D eigenvalue weighted by Gasteiger charge is 2.09. The van der Waals surface area contributed by atoms with Gasteiger partial charge in [0, 0.05) is 11.5 Å². The Morgan fingerprint density at radius 1 is 1.60 bits per heavy atom. The molecule has 0 atom stereocenters. The highest BCUT2D eigenvalue weighted by molar-refractivity contribution is 6.31. The van der Waals surface area contributed by atoms with Gasteiger partial charge >= 0.3 is 0 Å². The van der Waals surface area contributed by atoms with E-state index in [9.17, 15) is 4.39 Å². The molecule has 0 fully saturated rings. The van der Waals surface area contributed by atoms with Crippen molar-refractivity contribution in [1.82, 2.24) is 0 Å². The number of halogens is 2. The molecule has 0 amide bonds. The first-order chi connectivity index (χ1) is 4.74. The van der Waals surface area contributed by atoms with Crippen LogP contribution in [-0.2, 0) is 0 Å². The summed E-state index contributed by atoms with van der Waals surface area (Å²) < 4.78 is 12.5. The van der Waals surface area contributed by atoms with Gasteiger partial charge in [-0.25, -0.2) is 4.39 Å². The molecule has 1 rings (SSSR count). The highest BCUT2D eigenvalue weighted by atomic mass is 35.5. The second-order valence-corrected chi connectivity index (χ2v) is 2.80. The van der Waals surface area contributed by atoms with Crippen molar-refractivity contribution < 1.29 is 4.39 Å². The van der Waals surface area contributed by atoms with Gasteiger partial charge in [-0.05, 0) is 18.9 Å². The third-order valence-electron chi connectivity index (χ3n) is 1.71. The van der Waals surface area contributed by atoms with E-state index in [1.54, 1.807) is 0 Å². The van der Waals surface area contributed by atoms with Crippen LogP contribution in [0.5, 0.6) is 0 Å². The summed E-state index contributed by atoms with van der Waals surface area (Å²) in [5.41, 5.74) is 1.17. The molecule has 56 valence electrons. The number of hydrogen-bond acceptors (Lipinski definition) is 0. The third kappa shape index (κ3) is 1.60. The van der Waals surface area contributed by atoms with Gasteiger partial charge in [0.15, 0.2) is 0 Å². The van der Waals surface area contributed by atoms with Crippen LogP contribution in [0.1, 0.15) is 26.2 Å². The predicted molar refractivity (Wildman–Crippen MR) is 41.6 cm³/mol. The van der Waals surface area contributed by atoms with E-state index >= 15 is 0 Å². The Morgan fingerprint density at radius 2 is 2.30 bits per heavy atom. The van der Waals surface area contributed by atoms with E-state index in [2.05, 4.69) is 0 Å². The SMILES string of the molecule is CCC1=C(Cl)C=C(F)CC1. The van der Waals surface area contributed by atoms with Gasteiger partial charge < -0.3 is 0 Å². The van der Waals surface area contributed by atoms with Crippen LogP contribution in [-0.4, -0.2) is 0 Å². The fourth-order valence-corrected chi connectivity index (χ4v) is 1.39. The fraction of sp³-hybridized carbons (Fsp3) is 0.500. The van der Waals surface area contributed by atoms with Crippen LogP contribution in [0.4, 0.5) is 4.39 Å². The zero-order valence-electron chi connectivity index (χ0n) is 5.95. The van der Waals surface area contributed by atoms with E-state index in [0.717, 1.165) is 12.8 Å². The summed E-state index contributed by atoms with van der Waals surface area (Å²) >= 11 is 5.74. The van der Waals surface area contributed by atoms with Gasteiger partial charge in [-0.1, -0.05) is 24.1 Å². The Kier molecular flexibility index (Phi) is 2.50. The number of hydrogen-bond donors (Lipinski definition) is 0. The van der Waals surface area contributed by atoms with E-state index in [1.165, 1.54) is 11.6 Å². The molecule has 0 saturated carbocycles. The maximum Gasteiger partial charge on any atom is 0.102 e. The van der Waals surface area contributed by atoms with Gasteiger partial charge in [0.1, 0.15) is 5.83 Å². The summed E-state index contributed by atoms with van der Waals surface area (Å²) in [5, 5.41) is 0.603. The Labute approximate surface area is 65.4 Å². The molecule has 0 aromatic rings. The van der Waals surface area contributed by atoms with E-state index in [4.69, 9.17) is 11.6 Å². The van der Waals surface area contributed by atoms with Crippen LogP contribution in [0, 0.1) is 0 Å². The Balaban J connectivity index is 2.80. The highest BCUT2D eigenvalue weighted by Crippen LogP contribution is 2.28. The molecule has 0 nitrogen and oxygen atoms in total. The van der Waals surface area contributed by atoms with Crippen molar-refractivity contribution in [1.29, 1.82) is 0 Å². The molecule has 0 aliphatic heterocycles. The topological polar surface area (TPSA) is 0 Å². The Bertz CT molecular complexity index is 191. The van der Waals surface area contributed by atoms with Crippen LogP contribution < -0.4 is 0 Å². The fourth-order valence-electron chi connectivity index (χ4n) is 1.05. The zero-order chi connectivity index (χ0) is 7.56. The summed E-state index contributed by atoms with van der Waals surface area (Å²) in [5.74, 6) is -0.0952. The number of allylic oxidation sites excluding steroid dienone is 4. The lowest BCUT2D eigenvalue weighted by Crippen LogP contribution is -1.91. The van der Waals surface area contributed by atoms with Gasteiger partial charge in [0.05, 0.1) is 0 Å². The third-order valence-corrected chi connectivity index (χ3v) is 2.09.